The molecule has 4 aliphatic carbocycles. The number of carbonyl (C=O) groups excluding carboxylic acids is 2. The Labute approximate surface area is 179 Å². The highest BCUT2D eigenvalue weighted by Gasteiger charge is 2.74. The number of aliphatic hydroxyl groups is 1. The average Bonchev–Trinajstić information content (AvgIpc) is 2.86. The van der Waals surface area contributed by atoms with Crippen LogP contribution in [0.2, 0.25) is 0 Å². The van der Waals surface area contributed by atoms with Gasteiger partial charge in [-0.15, -0.1) is 0 Å². The van der Waals surface area contributed by atoms with Crippen LogP contribution in [-0.2, 0) is 19.1 Å². The summed E-state index contributed by atoms with van der Waals surface area (Å²) < 4.78 is 35.5. The first-order valence-electron chi connectivity index (χ1n) is 10.7. The van der Waals surface area contributed by atoms with Crippen molar-refractivity contribution in [1.29, 1.82) is 0 Å². The molecule has 0 heterocycles. The molecular formula is C23H28F2O6. The number of halogens is 2. The third-order valence-electron chi connectivity index (χ3n) is 8.72. The van der Waals surface area contributed by atoms with E-state index in [1.54, 1.807) is 20.8 Å². The van der Waals surface area contributed by atoms with E-state index in [0.717, 1.165) is 13.0 Å². The van der Waals surface area contributed by atoms with E-state index in [9.17, 15) is 29.0 Å². The highest BCUT2D eigenvalue weighted by molar-refractivity contribution is 6.04. The molecule has 0 radical (unpaired) electrons. The molecule has 0 amide bonds. The second-order valence-electron chi connectivity index (χ2n) is 10.2. The van der Waals surface area contributed by atoms with Gasteiger partial charge in [-0.05, 0) is 37.2 Å². The number of alkyl halides is 1. The van der Waals surface area contributed by atoms with Crippen molar-refractivity contribution in [2.24, 2.45) is 34.5 Å². The zero-order valence-corrected chi connectivity index (χ0v) is 18.0. The number of ether oxygens (including phenoxy) is 1. The summed E-state index contributed by atoms with van der Waals surface area (Å²) in [6.07, 6.45) is 0.0132. The van der Waals surface area contributed by atoms with E-state index in [0.29, 0.717) is 6.42 Å². The molecule has 8 heteroatoms. The Morgan fingerprint density at radius 3 is 2.48 bits per heavy atom. The second-order valence-corrected chi connectivity index (χ2v) is 10.2. The van der Waals surface area contributed by atoms with E-state index >= 15 is 4.39 Å². The number of aliphatic hydroxyl groups excluding tert-OH is 1. The summed E-state index contributed by atoms with van der Waals surface area (Å²) in [4.78, 5) is 36.2. The number of rotatable bonds is 2. The van der Waals surface area contributed by atoms with E-state index in [1.165, 1.54) is 6.08 Å². The Bertz CT molecular complexity index is 927. The quantitative estimate of drug-likeness (QED) is 0.643. The van der Waals surface area contributed by atoms with Crippen molar-refractivity contribution >= 4 is 17.7 Å². The second kappa shape index (κ2) is 6.70. The fourth-order valence-corrected chi connectivity index (χ4v) is 7.69. The van der Waals surface area contributed by atoms with Crippen molar-refractivity contribution in [1.82, 2.24) is 0 Å². The Hall–Kier alpha value is -2.09. The molecule has 0 spiro atoms. The van der Waals surface area contributed by atoms with Crippen molar-refractivity contribution in [2.45, 2.75) is 64.8 Å². The lowest BCUT2D eigenvalue weighted by molar-refractivity contribution is -0.214. The van der Waals surface area contributed by atoms with Gasteiger partial charge in [0.15, 0.2) is 5.83 Å². The van der Waals surface area contributed by atoms with Crippen molar-refractivity contribution in [3.63, 3.8) is 0 Å². The van der Waals surface area contributed by atoms with Gasteiger partial charge in [0.25, 0.3) is 0 Å². The van der Waals surface area contributed by atoms with Gasteiger partial charge in [0.1, 0.15) is 6.17 Å². The van der Waals surface area contributed by atoms with Crippen LogP contribution in [0, 0.1) is 34.5 Å². The minimum Gasteiger partial charge on any atom is -0.478 e. The van der Waals surface area contributed by atoms with Crippen LogP contribution in [0.3, 0.4) is 0 Å². The molecule has 0 aromatic heterocycles. The number of hydrogen-bond acceptors (Lipinski definition) is 5. The third kappa shape index (κ3) is 2.60. The minimum atomic E-state index is -1.85. The van der Waals surface area contributed by atoms with Crippen LogP contribution in [0.25, 0.3) is 0 Å². The first-order chi connectivity index (χ1) is 14.3. The molecule has 4 rings (SSSR count). The number of carboxylic acid groups (broad SMARTS) is 1. The predicted octanol–water partition coefficient (Wildman–Crippen LogP) is 3.14. The van der Waals surface area contributed by atoms with Gasteiger partial charge in [-0.2, -0.15) is 0 Å². The van der Waals surface area contributed by atoms with Crippen LogP contribution in [0.15, 0.2) is 23.6 Å². The Kier molecular flexibility index (Phi) is 4.78. The summed E-state index contributed by atoms with van der Waals surface area (Å²) in [7, 11) is 0. The molecule has 31 heavy (non-hydrogen) atoms. The van der Waals surface area contributed by atoms with Crippen LogP contribution >= 0.6 is 0 Å². The molecule has 4 aliphatic rings. The van der Waals surface area contributed by atoms with Crippen molar-refractivity contribution in [3.8, 4) is 0 Å². The molecule has 9 atom stereocenters. The average molecular weight is 438 g/mol. The van der Waals surface area contributed by atoms with Crippen LogP contribution in [0.4, 0.5) is 8.78 Å². The molecular weight excluding hydrogens is 410 g/mol. The lowest BCUT2D eigenvalue weighted by Gasteiger charge is -2.59. The molecule has 6 nitrogen and oxygen atoms in total. The number of esters is 1. The summed E-state index contributed by atoms with van der Waals surface area (Å²) in [6, 6.07) is 0. The molecule has 2 N–H and O–H groups in total. The van der Waals surface area contributed by atoms with Gasteiger partial charge in [0, 0.05) is 35.2 Å². The Morgan fingerprint density at radius 1 is 1.26 bits per heavy atom. The highest BCUT2D eigenvalue weighted by atomic mass is 19.1. The molecule has 0 saturated heterocycles. The molecule has 0 bridgehead atoms. The topological polar surface area (TPSA) is 101 Å². The smallest absolute Gasteiger partial charge is 0.349 e. The lowest BCUT2D eigenvalue weighted by atomic mass is 9.46. The molecule has 0 aromatic rings. The number of hydrogen-bond donors (Lipinski definition) is 2. The summed E-state index contributed by atoms with van der Waals surface area (Å²) in [5.41, 5.74) is -4.39. The maximum Gasteiger partial charge on any atom is 0.349 e. The molecule has 170 valence electrons. The first-order valence-corrected chi connectivity index (χ1v) is 10.7. The Morgan fingerprint density at radius 2 is 1.90 bits per heavy atom. The van der Waals surface area contributed by atoms with Gasteiger partial charge >= 0.3 is 11.9 Å². The minimum absolute atomic E-state index is 0.00593. The summed E-state index contributed by atoms with van der Waals surface area (Å²) in [5.74, 6) is -5.96. The number of ketones is 1. The zero-order chi connectivity index (χ0) is 23.1. The SMILES string of the molecule is CC(=O)O[C@]1(C(=O)O)[C@@H](C)C[C@H]2[C@@H]3C[C@H](F)C4=C(F)C(=O)C=C[C@]4(C)[C@H]3[C@@H](O)C[C@@]21C. The number of carboxylic acids is 1. The van der Waals surface area contributed by atoms with Gasteiger partial charge in [-0.1, -0.05) is 26.8 Å². The zero-order valence-electron chi connectivity index (χ0n) is 18.0. The van der Waals surface area contributed by atoms with E-state index in [1.807, 2.05) is 0 Å². The Balaban J connectivity index is 1.85. The molecule has 3 fully saturated rings. The number of carbonyl (C=O) groups is 3. The summed E-state index contributed by atoms with van der Waals surface area (Å²) in [6.45, 7) is 6.18. The summed E-state index contributed by atoms with van der Waals surface area (Å²) in [5, 5.41) is 21.5. The maximum atomic E-state index is 15.4. The number of allylic oxidation sites excluding steroid dienone is 4. The van der Waals surface area contributed by atoms with Crippen LogP contribution < -0.4 is 0 Å². The van der Waals surface area contributed by atoms with Gasteiger partial charge in [0.05, 0.1) is 6.10 Å². The molecule has 3 saturated carbocycles. The third-order valence-corrected chi connectivity index (χ3v) is 8.72. The van der Waals surface area contributed by atoms with E-state index in [4.69, 9.17) is 4.74 Å². The van der Waals surface area contributed by atoms with Gasteiger partial charge in [-0.3, -0.25) is 9.59 Å². The molecule has 0 unspecified atom stereocenters. The van der Waals surface area contributed by atoms with E-state index in [-0.39, 0.29) is 24.3 Å². The van der Waals surface area contributed by atoms with Crippen LogP contribution in [0.1, 0.15) is 47.0 Å². The number of aliphatic carboxylic acids is 1. The first kappa shape index (κ1) is 22.1. The fourth-order valence-electron chi connectivity index (χ4n) is 7.69. The van der Waals surface area contributed by atoms with E-state index < -0.39 is 70.0 Å². The fraction of sp³-hybridized carbons (Fsp3) is 0.696. The van der Waals surface area contributed by atoms with Gasteiger partial charge in [0.2, 0.25) is 11.4 Å². The largest absolute Gasteiger partial charge is 0.478 e. The van der Waals surface area contributed by atoms with Crippen molar-refractivity contribution in [3.05, 3.63) is 23.6 Å². The predicted molar refractivity (Wildman–Crippen MR) is 105 cm³/mol. The maximum absolute atomic E-state index is 15.4. The normalized spacial score (nSPS) is 48.7. The van der Waals surface area contributed by atoms with Gasteiger partial charge < -0.3 is 14.9 Å². The standard InChI is InChI=1S/C23H28F2O6/c1-10-7-13-12-8-14(24)18-19(25)15(27)5-6-21(18,3)17(12)16(28)9-22(13,4)23(10,20(29)30)31-11(2)26/h5-6,10,12-14,16-17,28H,7-9H2,1-4H3,(H,29,30)/t10-,12-,13-,14-,16-,17+,21+,22-,23-/m0/s1. The molecule has 0 aromatic carbocycles. The summed E-state index contributed by atoms with van der Waals surface area (Å²) >= 11 is 0. The highest BCUT2D eigenvalue weighted by Crippen LogP contribution is 2.69. The molecule has 0 aliphatic heterocycles. The van der Waals surface area contributed by atoms with Crippen LogP contribution in [-0.4, -0.2) is 45.8 Å². The van der Waals surface area contributed by atoms with E-state index in [2.05, 4.69) is 0 Å². The monoisotopic (exact) mass is 438 g/mol. The van der Waals surface area contributed by atoms with Gasteiger partial charge in [-0.25, -0.2) is 13.6 Å². The van der Waals surface area contributed by atoms with Crippen LogP contribution in [0.5, 0.6) is 0 Å². The van der Waals surface area contributed by atoms with Crippen molar-refractivity contribution < 1.29 is 38.1 Å². The lowest BCUT2D eigenvalue weighted by Crippen LogP contribution is -2.64. The number of fused-ring (bicyclic) bond motifs is 5. The van der Waals surface area contributed by atoms with Crippen molar-refractivity contribution in [2.75, 3.05) is 0 Å².